The van der Waals surface area contributed by atoms with Crippen LogP contribution in [-0.4, -0.2) is 62.9 Å². The van der Waals surface area contributed by atoms with Crippen LogP contribution in [0.2, 0.25) is 0 Å². The van der Waals surface area contributed by atoms with E-state index in [9.17, 15) is 24.0 Å². The van der Waals surface area contributed by atoms with Gasteiger partial charge in [-0.1, -0.05) is 6.92 Å². The van der Waals surface area contributed by atoms with Gasteiger partial charge in [-0.15, -0.1) is 0 Å². The molecule has 0 aliphatic heterocycles. The van der Waals surface area contributed by atoms with Gasteiger partial charge in [0.15, 0.2) is 0 Å². The topological polar surface area (TPSA) is 132 Å². The van der Waals surface area contributed by atoms with Crippen LogP contribution in [0.3, 0.4) is 0 Å². The highest BCUT2D eigenvalue weighted by atomic mass is 16.6. The Hall–Kier alpha value is -3.43. The third-order valence-corrected chi connectivity index (χ3v) is 3.82. The van der Waals surface area contributed by atoms with Gasteiger partial charge in [-0.05, 0) is 47.1 Å². The SMILES string of the molecule is CCOC(=O)/C=C/C(C(=O)OCC)=C(C(=O)OCC)\C(C(=O)OCC)=C(/CC)C(=O)OCC. The minimum atomic E-state index is -1.09. The summed E-state index contributed by atoms with van der Waals surface area (Å²) in [5.74, 6) is -4.83. The summed E-state index contributed by atoms with van der Waals surface area (Å²) in [7, 11) is 0. The Labute approximate surface area is 193 Å². The molecule has 0 bridgehead atoms. The molecule has 0 N–H and O–H groups in total. The Morgan fingerprint density at radius 1 is 0.515 bits per heavy atom. The third-order valence-electron chi connectivity index (χ3n) is 3.82. The first kappa shape index (κ1) is 29.6. The van der Waals surface area contributed by atoms with Gasteiger partial charge < -0.3 is 23.7 Å². The van der Waals surface area contributed by atoms with Crippen LogP contribution in [0.15, 0.2) is 34.4 Å². The van der Waals surface area contributed by atoms with E-state index in [2.05, 4.69) is 0 Å². The Kier molecular flexibility index (Phi) is 14.6. The summed E-state index contributed by atoms with van der Waals surface area (Å²) in [4.78, 5) is 63.2. The zero-order chi connectivity index (χ0) is 25.4. The molecule has 0 aliphatic rings. The maximum absolute atomic E-state index is 13.0. The average Bonchev–Trinajstić information content (AvgIpc) is 2.76. The van der Waals surface area contributed by atoms with E-state index in [-0.39, 0.29) is 45.0 Å². The lowest BCUT2D eigenvalue weighted by Crippen LogP contribution is -2.25. The minimum absolute atomic E-state index is 0.00435. The van der Waals surface area contributed by atoms with E-state index in [0.717, 1.165) is 12.2 Å². The van der Waals surface area contributed by atoms with Gasteiger partial charge in [0.2, 0.25) is 0 Å². The molecule has 33 heavy (non-hydrogen) atoms. The monoisotopic (exact) mass is 468 g/mol. The molecule has 0 radical (unpaired) electrons. The van der Waals surface area contributed by atoms with E-state index in [1.54, 1.807) is 20.8 Å². The van der Waals surface area contributed by atoms with Crippen LogP contribution in [0.4, 0.5) is 0 Å². The van der Waals surface area contributed by atoms with E-state index in [1.165, 1.54) is 20.8 Å². The highest BCUT2D eigenvalue weighted by Crippen LogP contribution is 2.27. The molecule has 0 saturated carbocycles. The van der Waals surface area contributed by atoms with E-state index in [1.807, 2.05) is 0 Å². The maximum atomic E-state index is 13.0. The Morgan fingerprint density at radius 3 is 1.39 bits per heavy atom. The number of esters is 5. The van der Waals surface area contributed by atoms with Crippen molar-refractivity contribution in [3.05, 3.63) is 34.4 Å². The Bertz CT molecular complexity index is 817. The molecule has 0 atom stereocenters. The second kappa shape index (κ2) is 16.2. The van der Waals surface area contributed by atoms with E-state index in [4.69, 9.17) is 23.7 Å². The van der Waals surface area contributed by atoms with Crippen molar-refractivity contribution in [2.24, 2.45) is 0 Å². The lowest BCUT2D eigenvalue weighted by atomic mass is 9.93. The summed E-state index contributed by atoms with van der Waals surface area (Å²) in [6.07, 6.45) is 1.83. The molecular weight excluding hydrogens is 436 g/mol. The average molecular weight is 468 g/mol. The minimum Gasteiger partial charge on any atom is -0.463 e. The number of hydrogen-bond donors (Lipinski definition) is 0. The van der Waals surface area contributed by atoms with Crippen molar-refractivity contribution in [2.45, 2.75) is 48.0 Å². The van der Waals surface area contributed by atoms with E-state index in [0.29, 0.717) is 0 Å². The first-order chi connectivity index (χ1) is 15.7. The third kappa shape index (κ3) is 9.30. The summed E-state index contributed by atoms with van der Waals surface area (Å²) in [5.41, 5.74) is -1.78. The molecule has 0 aromatic rings. The molecule has 0 unspecified atom stereocenters. The molecule has 0 heterocycles. The highest BCUT2D eigenvalue weighted by molar-refractivity contribution is 6.16. The van der Waals surface area contributed by atoms with E-state index < -0.39 is 46.6 Å². The van der Waals surface area contributed by atoms with Crippen molar-refractivity contribution < 1.29 is 47.7 Å². The number of carbonyl (C=O) groups excluding carboxylic acids is 5. The maximum Gasteiger partial charge on any atom is 0.339 e. The largest absolute Gasteiger partial charge is 0.463 e. The van der Waals surface area contributed by atoms with Crippen molar-refractivity contribution in [1.82, 2.24) is 0 Å². The molecule has 0 rings (SSSR count). The molecule has 0 aromatic carbocycles. The normalized spacial score (nSPS) is 12.3. The summed E-state index contributed by atoms with van der Waals surface area (Å²) >= 11 is 0. The van der Waals surface area contributed by atoms with Crippen molar-refractivity contribution in [3.8, 4) is 0 Å². The first-order valence-corrected chi connectivity index (χ1v) is 10.7. The van der Waals surface area contributed by atoms with Gasteiger partial charge in [0.05, 0.1) is 55.3 Å². The van der Waals surface area contributed by atoms with Gasteiger partial charge in [-0.25, -0.2) is 24.0 Å². The molecular formula is C23H32O10. The van der Waals surface area contributed by atoms with Crippen LogP contribution in [0.25, 0.3) is 0 Å². The van der Waals surface area contributed by atoms with Crippen LogP contribution >= 0.6 is 0 Å². The van der Waals surface area contributed by atoms with Gasteiger partial charge in [-0.2, -0.15) is 0 Å². The molecule has 0 amide bonds. The van der Waals surface area contributed by atoms with Crippen molar-refractivity contribution in [3.63, 3.8) is 0 Å². The summed E-state index contributed by atoms with van der Waals surface area (Å²) in [6, 6.07) is 0. The van der Waals surface area contributed by atoms with Crippen LogP contribution in [-0.2, 0) is 47.7 Å². The molecule has 10 heteroatoms. The number of rotatable bonds is 13. The van der Waals surface area contributed by atoms with Crippen LogP contribution in [0.5, 0.6) is 0 Å². The van der Waals surface area contributed by atoms with Gasteiger partial charge in [0.1, 0.15) is 0 Å². The zero-order valence-electron chi connectivity index (χ0n) is 20.0. The molecule has 0 aliphatic carbocycles. The standard InChI is InChI=1S/C23H32O10/c1-7-15(20(25)30-9-3)18(22(27)32-11-5)19(23(28)33-12-6)16(21(26)31-10-4)13-14-17(24)29-8-2/h13-14H,7-12H2,1-6H3/b14-13+,18-15-,19-16-. The fourth-order valence-corrected chi connectivity index (χ4v) is 2.57. The fourth-order valence-electron chi connectivity index (χ4n) is 2.57. The zero-order valence-corrected chi connectivity index (χ0v) is 20.0. The van der Waals surface area contributed by atoms with Gasteiger partial charge >= 0.3 is 29.8 Å². The number of ether oxygens (including phenoxy) is 5. The Morgan fingerprint density at radius 2 is 0.939 bits per heavy atom. The first-order valence-electron chi connectivity index (χ1n) is 10.7. The summed E-state index contributed by atoms with van der Waals surface area (Å²) in [5, 5.41) is 0. The van der Waals surface area contributed by atoms with Crippen molar-refractivity contribution in [1.29, 1.82) is 0 Å². The van der Waals surface area contributed by atoms with Crippen molar-refractivity contribution in [2.75, 3.05) is 33.0 Å². The molecule has 10 nitrogen and oxygen atoms in total. The molecule has 184 valence electrons. The fraction of sp³-hybridized carbons (Fsp3) is 0.522. The second-order valence-corrected chi connectivity index (χ2v) is 5.96. The van der Waals surface area contributed by atoms with Crippen molar-refractivity contribution >= 4 is 29.8 Å². The lowest BCUT2D eigenvalue weighted by Gasteiger charge is -2.17. The van der Waals surface area contributed by atoms with Crippen LogP contribution in [0, 0.1) is 0 Å². The number of hydrogen-bond acceptors (Lipinski definition) is 10. The lowest BCUT2D eigenvalue weighted by molar-refractivity contribution is -0.144. The second-order valence-electron chi connectivity index (χ2n) is 5.96. The van der Waals surface area contributed by atoms with E-state index >= 15 is 0 Å². The molecule has 0 saturated heterocycles. The molecule has 0 spiro atoms. The highest BCUT2D eigenvalue weighted by Gasteiger charge is 2.34. The smallest absolute Gasteiger partial charge is 0.339 e. The Balaban J connectivity index is 7.44. The van der Waals surface area contributed by atoms with Gasteiger partial charge in [0, 0.05) is 6.08 Å². The summed E-state index contributed by atoms with van der Waals surface area (Å²) in [6.45, 7) is 9.15. The van der Waals surface area contributed by atoms with Gasteiger partial charge in [0.25, 0.3) is 0 Å². The molecule has 0 aromatic heterocycles. The summed E-state index contributed by atoms with van der Waals surface area (Å²) < 4.78 is 25.0. The van der Waals surface area contributed by atoms with Crippen LogP contribution in [0.1, 0.15) is 48.0 Å². The van der Waals surface area contributed by atoms with Crippen LogP contribution < -0.4 is 0 Å². The molecule has 0 fully saturated rings. The quantitative estimate of drug-likeness (QED) is 0.172. The van der Waals surface area contributed by atoms with Gasteiger partial charge in [-0.3, -0.25) is 0 Å². The predicted octanol–water partition coefficient (Wildman–Crippen LogP) is 2.36. The predicted molar refractivity (Wildman–Crippen MR) is 117 cm³/mol. The number of carbonyl (C=O) groups is 5.